The van der Waals surface area contributed by atoms with Crippen LogP contribution in [0.3, 0.4) is 0 Å². The second-order valence-electron chi connectivity index (χ2n) is 10.3. The molecule has 10 heteroatoms. The van der Waals surface area contributed by atoms with Gasteiger partial charge >= 0.3 is 0 Å². The fraction of sp³-hybridized carbons (Fsp3) is 0.364. The maximum atomic E-state index is 13.7. The second kappa shape index (κ2) is 14.8. The van der Waals surface area contributed by atoms with E-state index in [9.17, 15) is 14.4 Å². The first-order valence-corrected chi connectivity index (χ1v) is 15.5. The summed E-state index contributed by atoms with van der Waals surface area (Å²) in [5.74, 6) is 1.79. The summed E-state index contributed by atoms with van der Waals surface area (Å²) < 4.78 is 17.1. The highest BCUT2D eigenvalue weighted by molar-refractivity contribution is 7.98. The van der Waals surface area contributed by atoms with Crippen LogP contribution < -0.4 is 35.6 Å². The molecule has 2 amide bonds. The first-order valence-electron chi connectivity index (χ1n) is 14.2. The minimum absolute atomic E-state index is 0.189. The molecule has 0 saturated heterocycles. The zero-order valence-electron chi connectivity index (χ0n) is 25.2. The minimum Gasteiger partial charge on any atom is -0.493 e. The van der Waals surface area contributed by atoms with Crippen molar-refractivity contribution in [3.63, 3.8) is 0 Å². The van der Waals surface area contributed by atoms with Gasteiger partial charge in [0.1, 0.15) is 6.04 Å². The molecule has 0 fully saturated rings. The Bertz CT molecular complexity index is 1510. The number of rotatable bonds is 12. The molecule has 9 nitrogen and oxygen atoms in total. The third-order valence-corrected chi connectivity index (χ3v) is 8.13. The van der Waals surface area contributed by atoms with E-state index in [2.05, 4.69) is 16.0 Å². The number of thioether (sulfide) groups is 1. The molecule has 1 aliphatic carbocycles. The Morgan fingerprint density at radius 2 is 1.74 bits per heavy atom. The quantitative estimate of drug-likeness (QED) is 0.272. The van der Waals surface area contributed by atoms with Crippen LogP contribution in [-0.2, 0) is 22.6 Å². The molecule has 0 heterocycles. The van der Waals surface area contributed by atoms with E-state index >= 15 is 0 Å². The molecule has 0 radical (unpaired) electrons. The lowest BCUT2D eigenvalue weighted by atomic mass is 9.95. The number of ether oxygens (including phenoxy) is 3. The normalized spacial score (nSPS) is 14.3. The van der Waals surface area contributed by atoms with Crippen molar-refractivity contribution < 1.29 is 23.8 Å². The van der Waals surface area contributed by atoms with Gasteiger partial charge in [-0.2, -0.15) is 11.8 Å². The van der Waals surface area contributed by atoms with E-state index in [4.69, 9.17) is 14.2 Å². The molecule has 1 aliphatic rings. The summed E-state index contributed by atoms with van der Waals surface area (Å²) in [4.78, 5) is 39.3. The van der Waals surface area contributed by atoms with Gasteiger partial charge in [0, 0.05) is 19.0 Å². The zero-order chi connectivity index (χ0) is 30.9. The van der Waals surface area contributed by atoms with E-state index in [1.165, 1.54) is 6.92 Å². The first kappa shape index (κ1) is 31.7. The molecule has 4 rings (SSSR count). The van der Waals surface area contributed by atoms with Gasteiger partial charge in [-0.05, 0) is 71.7 Å². The van der Waals surface area contributed by atoms with Crippen LogP contribution >= 0.6 is 11.8 Å². The minimum atomic E-state index is -0.622. The lowest BCUT2D eigenvalue weighted by Gasteiger charge is -2.19. The van der Waals surface area contributed by atoms with Crippen LogP contribution in [0.15, 0.2) is 59.4 Å². The van der Waals surface area contributed by atoms with Crippen LogP contribution in [0.1, 0.15) is 42.5 Å². The smallest absolute Gasteiger partial charge is 0.242 e. The van der Waals surface area contributed by atoms with Gasteiger partial charge in [0.05, 0.1) is 33.1 Å². The predicted molar refractivity (Wildman–Crippen MR) is 171 cm³/mol. The summed E-state index contributed by atoms with van der Waals surface area (Å²) in [5, 5.41) is 9.24. The molecule has 3 aromatic carbocycles. The van der Waals surface area contributed by atoms with E-state index in [-0.39, 0.29) is 22.9 Å². The number of hydrogen-bond donors (Lipinski definition) is 3. The van der Waals surface area contributed by atoms with Crippen molar-refractivity contribution in [1.29, 1.82) is 0 Å². The molecule has 0 spiro atoms. The molecule has 0 saturated carbocycles. The van der Waals surface area contributed by atoms with Crippen LogP contribution in [0, 0.1) is 0 Å². The number of amides is 2. The maximum absolute atomic E-state index is 13.7. The number of hydrogen-bond acceptors (Lipinski definition) is 8. The van der Waals surface area contributed by atoms with E-state index < -0.39 is 12.1 Å². The number of aryl methyl sites for hydroxylation is 1. The first-order chi connectivity index (χ1) is 20.8. The third-order valence-electron chi connectivity index (χ3n) is 7.48. The average molecular weight is 606 g/mol. The van der Waals surface area contributed by atoms with E-state index in [1.54, 1.807) is 45.2 Å². The van der Waals surface area contributed by atoms with Gasteiger partial charge in [-0.3, -0.25) is 14.4 Å². The summed E-state index contributed by atoms with van der Waals surface area (Å²) in [6, 6.07) is 15.7. The highest BCUT2D eigenvalue weighted by Gasteiger charge is 2.30. The van der Waals surface area contributed by atoms with Gasteiger partial charge in [0.15, 0.2) is 11.5 Å². The SMILES string of the molecule is COc1cc2c(c(OC)c1OC)-c1ccc(NC(CCSC)C(=O)NCc3ccccc3)c(=O)cc1C(NC(C)=O)CC2. The summed E-state index contributed by atoms with van der Waals surface area (Å²) in [6.45, 7) is 1.85. The van der Waals surface area contributed by atoms with E-state index in [0.717, 1.165) is 28.0 Å². The molecule has 0 aliphatic heterocycles. The Balaban J connectivity index is 1.80. The highest BCUT2D eigenvalue weighted by atomic mass is 32.2. The number of benzene rings is 2. The molecule has 0 aromatic heterocycles. The molecule has 0 bridgehead atoms. The summed E-state index contributed by atoms with van der Waals surface area (Å²) in [5.41, 5.74) is 4.08. The van der Waals surface area contributed by atoms with Gasteiger partial charge in [-0.1, -0.05) is 36.4 Å². The van der Waals surface area contributed by atoms with Crippen molar-refractivity contribution in [3.8, 4) is 28.4 Å². The fourth-order valence-corrected chi connectivity index (χ4v) is 5.90. The van der Waals surface area contributed by atoms with Crippen molar-refractivity contribution in [2.24, 2.45) is 0 Å². The summed E-state index contributed by atoms with van der Waals surface area (Å²) >= 11 is 1.63. The molecular weight excluding hydrogens is 566 g/mol. The van der Waals surface area contributed by atoms with Gasteiger partial charge in [0.25, 0.3) is 0 Å². The Morgan fingerprint density at radius 3 is 2.40 bits per heavy atom. The molecule has 2 atom stereocenters. The van der Waals surface area contributed by atoms with Crippen molar-refractivity contribution in [2.75, 3.05) is 38.7 Å². The molecule has 3 aromatic rings. The van der Waals surface area contributed by atoms with Gasteiger partial charge in [-0.25, -0.2) is 0 Å². The summed E-state index contributed by atoms with van der Waals surface area (Å²) in [7, 11) is 4.68. The number of nitrogens with one attached hydrogen (secondary N) is 3. The van der Waals surface area contributed by atoms with Crippen LogP contribution in [0.25, 0.3) is 11.1 Å². The maximum Gasteiger partial charge on any atom is 0.242 e. The topological polar surface area (TPSA) is 115 Å². The number of carbonyl (C=O) groups is 2. The zero-order valence-corrected chi connectivity index (χ0v) is 26.1. The lowest BCUT2D eigenvalue weighted by molar-refractivity contribution is -0.122. The van der Waals surface area contributed by atoms with Crippen molar-refractivity contribution in [1.82, 2.24) is 10.6 Å². The molecule has 3 N–H and O–H groups in total. The van der Waals surface area contributed by atoms with Crippen molar-refractivity contribution in [3.05, 3.63) is 81.5 Å². The fourth-order valence-electron chi connectivity index (χ4n) is 5.43. The Kier molecular flexibility index (Phi) is 10.9. The lowest BCUT2D eigenvalue weighted by Crippen LogP contribution is -2.40. The predicted octanol–water partition coefficient (Wildman–Crippen LogP) is 4.71. The standard InChI is InChI=1S/C33H39N3O6S/c1-20(37)35-25-13-11-22-17-29(40-2)31(41-3)32(42-4)30(22)23-12-14-26(28(38)18-24(23)25)36-27(15-16-43-5)33(39)34-19-21-9-7-6-8-10-21/h6-10,12,14,17-18,25,27H,11,13,15-16,19H2,1-5H3,(H,34,39)(H,35,37)(H,36,38). The second-order valence-corrected chi connectivity index (χ2v) is 11.3. The number of carbonyl (C=O) groups excluding carboxylic acids is 2. The highest BCUT2D eigenvalue weighted by Crippen LogP contribution is 2.50. The Hall–Kier alpha value is -4.18. The van der Waals surface area contributed by atoms with Crippen LogP contribution in [0.2, 0.25) is 0 Å². The van der Waals surface area contributed by atoms with Gasteiger partial charge in [-0.15, -0.1) is 0 Å². The number of anilines is 1. The summed E-state index contributed by atoms with van der Waals surface area (Å²) in [6.07, 6.45) is 3.67. The van der Waals surface area contributed by atoms with Gasteiger partial charge in [0.2, 0.25) is 23.0 Å². The van der Waals surface area contributed by atoms with Crippen LogP contribution in [0.4, 0.5) is 5.69 Å². The van der Waals surface area contributed by atoms with Crippen molar-refractivity contribution in [2.45, 2.75) is 44.8 Å². The van der Waals surface area contributed by atoms with Crippen molar-refractivity contribution >= 4 is 29.3 Å². The average Bonchev–Trinajstić information content (AvgIpc) is 3.25. The van der Waals surface area contributed by atoms with E-state index in [1.807, 2.05) is 48.7 Å². The monoisotopic (exact) mass is 605 g/mol. The molecule has 228 valence electrons. The van der Waals surface area contributed by atoms with Crippen LogP contribution in [0.5, 0.6) is 17.2 Å². The number of fused-ring (bicyclic) bond motifs is 3. The van der Waals surface area contributed by atoms with Crippen LogP contribution in [-0.4, -0.2) is 51.2 Å². The third kappa shape index (κ3) is 7.43. The van der Waals surface area contributed by atoms with E-state index in [0.29, 0.717) is 48.6 Å². The molecule has 2 unspecified atom stereocenters. The molecule has 43 heavy (non-hydrogen) atoms. The Labute approximate surface area is 256 Å². The van der Waals surface area contributed by atoms with Gasteiger partial charge < -0.3 is 30.2 Å². The largest absolute Gasteiger partial charge is 0.493 e. The molecular formula is C33H39N3O6S. The Morgan fingerprint density at radius 1 is 1.00 bits per heavy atom. The number of methoxy groups -OCH3 is 3.